The van der Waals surface area contributed by atoms with Gasteiger partial charge in [0.15, 0.2) is 5.58 Å². The van der Waals surface area contributed by atoms with Crippen molar-refractivity contribution < 1.29 is 4.42 Å². The average molecular weight is 252 g/mol. The van der Waals surface area contributed by atoms with Gasteiger partial charge in [0.05, 0.1) is 0 Å². The van der Waals surface area contributed by atoms with Gasteiger partial charge in [-0.2, -0.15) is 0 Å². The van der Waals surface area contributed by atoms with Crippen LogP contribution in [0.4, 0.5) is 0 Å². The van der Waals surface area contributed by atoms with Crippen LogP contribution in [0.1, 0.15) is 11.1 Å². The van der Waals surface area contributed by atoms with Crippen molar-refractivity contribution in [2.45, 2.75) is 13.5 Å². The van der Waals surface area contributed by atoms with Gasteiger partial charge >= 0.3 is 0 Å². The standard InChI is InChI=1S/C16H16N2O/c1-11-4-3-5-13(8-11)16-18-14-7-6-12(10-17-2)9-15(14)19-16/h3-9,17H,10H2,1-2H3. The normalized spacial score (nSPS) is 11.1. The summed E-state index contributed by atoms with van der Waals surface area (Å²) in [6, 6.07) is 14.3. The SMILES string of the molecule is CNCc1ccc2nc(-c3cccc(C)c3)oc2c1. The first-order valence-corrected chi connectivity index (χ1v) is 6.37. The lowest BCUT2D eigenvalue weighted by molar-refractivity contribution is 0.619. The number of benzene rings is 2. The Labute approximate surface area is 112 Å². The zero-order valence-electron chi connectivity index (χ0n) is 11.1. The van der Waals surface area contributed by atoms with Crippen LogP contribution in [0.25, 0.3) is 22.6 Å². The van der Waals surface area contributed by atoms with E-state index in [1.54, 1.807) is 0 Å². The lowest BCUT2D eigenvalue weighted by atomic mass is 10.1. The van der Waals surface area contributed by atoms with Crippen molar-refractivity contribution in [1.82, 2.24) is 10.3 Å². The van der Waals surface area contributed by atoms with Crippen molar-refractivity contribution in [1.29, 1.82) is 0 Å². The molecule has 3 heteroatoms. The van der Waals surface area contributed by atoms with Crippen molar-refractivity contribution in [2.75, 3.05) is 7.05 Å². The fourth-order valence-electron chi connectivity index (χ4n) is 2.18. The van der Waals surface area contributed by atoms with E-state index in [-0.39, 0.29) is 0 Å². The van der Waals surface area contributed by atoms with E-state index in [4.69, 9.17) is 4.42 Å². The van der Waals surface area contributed by atoms with Gasteiger partial charge in [-0.3, -0.25) is 0 Å². The Bertz CT molecular complexity index is 716. The van der Waals surface area contributed by atoms with Crippen LogP contribution in [0.15, 0.2) is 46.9 Å². The van der Waals surface area contributed by atoms with Crippen molar-refractivity contribution >= 4 is 11.1 Å². The lowest BCUT2D eigenvalue weighted by Crippen LogP contribution is -2.04. The second-order valence-corrected chi connectivity index (χ2v) is 4.72. The van der Waals surface area contributed by atoms with Gasteiger partial charge < -0.3 is 9.73 Å². The van der Waals surface area contributed by atoms with Gasteiger partial charge in [0, 0.05) is 12.1 Å². The molecule has 0 bridgehead atoms. The third-order valence-corrected chi connectivity index (χ3v) is 3.10. The van der Waals surface area contributed by atoms with Gasteiger partial charge in [0.1, 0.15) is 5.52 Å². The van der Waals surface area contributed by atoms with Crippen molar-refractivity contribution in [3.05, 3.63) is 53.6 Å². The number of hydrogen-bond acceptors (Lipinski definition) is 3. The first-order chi connectivity index (χ1) is 9.26. The van der Waals surface area contributed by atoms with E-state index in [9.17, 15) is 0 Å². The minimum absolute atomic E-state index is 0.681. The zero-order valence-corrected chi connectivity index (χ0v) is 11.1. The van der Waals surface area contributed by atoms with Crippen LogP contribution < -0.4 is 5.32 Å². The molecule has 0 spiro atoms. The Morgan fingerprint density at radius 3 is 2.84 bits per heavy atom. The maximum absolute atomic E-state index is 5.86. The molecule has 3 rings (SSSR count). The first kappa shape index (κ1) is 11.9. The predicted molar refractivity (Wildman–Crippen MR) is 76.9 cm³/mol. The molecule has 3 nitrogen and oxygen atoms in total. The molecule has 1 aromatic heterocycles. The van der Waals surface area contributed by atoms with Crippen LogP contribution in [-0.2, 0) is 6.54 Å². The topological polar surface area (TPSA) is 38.1 Å². The highest BCUT2D eigenvalue weighted by Crippen LogP contribution is 2.25. The Morgan fingerprint density at radius 2 is 2.05 bits per heavy atom. The van der Waals surface area contributed by atoms with E-state index < -0.39 is 0 Å². The highest BCUT2D eigenvalue weighted by molar-refractivity contribution is 5.77. The van der Waals surface area contributed by atoms with Crippen LogP contribution in [-0.4, -0.2) is 12.0 Å². The summed E-state index contributed by atoms with van der Waals surface area (Å²) in [5.74, 6) is 0.681. The average Bonchev–Trinajstić information content (AvgIpc) is 2.82. The van der Waals surface area contributed by atoms with Gasteiger partial charge in [0.25, 0.3) is 0 Å². The number of fused-ring (bicyclic) bond motifs is 1. The quantitative estimate of drug-likeness (QED) is 0.775. The molecule has 0 saturated carbocycles. The van der Waals surface area contributed by atoms with Gasteiger partial charge in [0.2, 0.25) is 5.89 Å². The van der Waals surface area contributed by atoms with Gasteiger partial charge in [-0.25, -0.2) is 4.98 Å². The summed E-state index contributed by atoms with van der Waals surface area (Å²) in [6.45, 7) is 2.90. The molecule has 3 aromatic rings. The molecule has 0 amide bonds. The second kappa shape index (κ2) is 4.86. The molecule has 0 radical (unpaired) electrons. The molecule has 96 valence electrons. The van der Waals surface area contributed by atoms with Crippen LogP contribution in [0.5, 0.6) is 0 Å². The summed E-state index contributed by atoms with van der Waals surface area (Å²) in [4.78, 5) is 4.54. The highest BCUT2D eigenvalue weighted by atomic mass is 16.3. The Hall–Kier alpha value is -2.13. The van der Waals surface area contributed by atoms with Crippen molar-refractivity contribution in [2.24, 2.45) is 0 Å². The summed E-state index contributed by atoms with van der Waals surface area (Å²) in [6.07, 6.45) is 0. The smallest absolute Gasteiger partial charge is 0.227 e. The molecular weight excluding hydrogens is 236 g/mol. The monoisotopic (exact) mass is 252 g/mol. The number of oxazole rings is 1. The molecule has 1 N–H and O–H groups in total. The molecule has 1 heterocycles. The van der Waals surface area contributed by atoms with Crippen LogP contribution >= 0.6 is 0 Å². The second-order valence-electron chi connectivity index (χ2n) is 4.72. The molecule has 0 saturated heterocycles. The molecule has 0 unspecified atom stereocenters. The molecule has 0 aliphatic heterocycles. The van der Waals surface area contributed by atoms with Gasteiger partial charge in [-0.05, 0) is 43.8 Å². The predicted octanol–water partition coefficient (Wildman–Crippen LogP) is 3.52. The van der Waals surface area contributed by atoms with E-state index in [0.29, 0.717) is 5.89 Å². The summed E-state index contributed by atoms with van der Waals surface area (Å²) in [5, 5.41) is 3.13. The van der Waals surface area contributed by atoms with E-state index in [1.165, 1.54) is 11.1 Å². The first-order valence-electron chi connectivity index (χ1n) is 6.37. The fourth-order valence-corrected chi connectivity index (χ4v) is 2.18. The van der Waals surface area contributed by atoms with Crippen molar-refractivity contribution in [3.63, 3.8) is 0 Å². The summed E-state index contributed by atoms with van der Waals surface area (Å²) in [5.41, 5.74) is 5.16. The molecule has 0 fully saturated rings. The third kappa shape index (κ3) is 2.37. The number of hydrogen-bond donors (Lipinski definition) is 1. The number of nitrogens with zero attached hydrogens (tertiary/aromatic N) is 1. The van der Waals surface area contributed by atoms with Crippen molar-refractivity contribution in [3.8, 4) is 11.5 Å². The molecule has 0 atom stereocenters. The summed E-state index contributed by atoms with van der Waals surface area (Å²) in [7, 11) is 1.93. The molecule has 0 aliphatic rings. The maximum atomic E-state index is 5.86. The van der Waals surface area contributed by atoms with Crippen LogP contribution in [0.2, 0.25) is 0 Å². The highest BCUT2D eigenvalue weighted by Gasteiger charge is 2.08. The lowest BCUT2D eigenvalue weighted by Gasteiger charge is -1.97. The third-order valence-electron chi connectivity index (χ3n) is 3.10. The Kier molecular flexibility index (Phi) is 3.05. The number of nitrogens with one attached hydrogen (secondary N) is 1. The molecular formula is C16H16N2O. The molecule has 19 heavy (non-hydrogen) atoms. The van der Waals surface area contributed by atoms with E-state index in [0.717, 1.165) is 23.2 Å². The maximum Gasteiger partial charge on any atom is 0.227 e. The van der Waals surface area contributed by atoms with E-state index in [1.807, 2.05) is 31.3 Å². The number of aromatic nitrogens is 1. The van der Waals surface area contributed by atoms with E-state index >= 15 is 0 Å². The Balaban J connectivity index is 2.06. The van der Waals surface area contributed by atoms with Gasteiger partial charge in [-0.1, -0.05) is 23.8 Å². The molecule has 2 aromatic carbocycles. The Morgan fingerprint density at radius 1 is 1.16 bits per heavy atom. The minimum atomic E-state index is 0.681. The summed E-state index contributed by atoms with van der Waals surface area (Å²) >= 11 is 0. The largest absolute Gasteiger partial charge is 0.436 e. The fraction of sp³-hybridized carbons (Fsp3) is 0.188. The molecule has 0 aliphatic carbocycles. The van der Waals surface area contributed by atoms with Crippen LogP contribution in [0.3, 0.4) is 0 Å². The number of rotatable bonds is 3. The van der Waals surface area contributed by atoms with Crippen LogP contribution in [0, 0.1) is 6.92 Å². The summed E-state index contributed by atoms with van der Waals surface area (Å²) < 4.78 is 5.86. The van der Waals surface area contributed by atoms with E-state index in [2.05, 4.69) is 35.4 Å². The minimum Gasteiger partial charge on any atom is -0.436 e. The number of aryl methyl sites for hydroxylation is 1. The zero-order chi connectivity index (χ0) is 13.2. The van der Waals surface area contributed by atoms with Gasteiger partial charge in [-0.15, -0.1) is 0 Å².